The fraction of sp³-hybridized carbons (Fsp3) is 0.625. The molecule has 0 aliphatic rings. The predicted octanol–water partition coefficient (Wildman–Crippen LogP) is 2.75. The lowest BCUT2D eigenvalue weighted by atomic mass is 10.1. The molecule has 0 aliphatic heterocycles. The molecule has 3 heteroatoms. The molecule has 3 nitrogen and oxygen atoms in total. The van der Waals surface area contributed by atoms with Gasteiger partial charge in [0.25, 0.3) is 0 Å². The van der Waals surface area contributed by atoms with Gasteiger partial charge in [0.15, 0.2) is 0 Å². The fourth-order valence-electron chi connectivity index (χ4n) is 1.98. The fourth-order valence-corrected chi connectivity index (χ4v) is 1.98. The Labute approximate surface area is 118 Å². The summed E-state index contributed by atoms with van der Waals surface area (Å²) in [6.45, 7) is 7.62. The van der Waals surface area contributed by atoms with Gasteiger partial charge in [-0.05, 0) is 51.7 Å². The standard InChI is InChI=1S/C16H29N3/c1-6-11-17-14(2)15-7-9-16(10-8-15)19(5)13-12-18(3)4/h7-10,14,17H,6,11-13H2,1-5H3. The lowest BCUT2D eigenvalue weighted by molar-refractivity contribution is 0.416. The van der Waals surface area contributed by atoms with Crippen LogP contribution >= 0.6 is 0 Å². The molecule has 0 amide bonds. The predicted molar refractivity (Wildman–Crippen MR) is 85.0 cm³/mol. The lowest BCUT2D eigenvalue weighted by Crippen LogP contribution is -2.28. The van der Waals surface area contributed by atoms with E-state index in [0.29, 0.717) is 6.04 Å². The van der Waals surface area contributed by atoms with Crippen molar-refractivity contribution in [1.82, 2.24) is 10.2 Å². The van der Waals surface area contributed by atoms with E-state index in [2.05, 4.69) is 74.4 Å². The van der Waals surface area contributed by atoms with Gasteiger partial charge < -0.3 is 15.1 Å². The summed E-state index contributed by atoms with van der Waals surface area (Å²) in [4.78, 5) is 4.51. The number of hydrogen-bond donors (Lipinski definition) is 1. The quantitative estimate of drug-likeness (QED) is 0.778. The largest absolute Gasteiger partial charge is 0.373 e. The third-order valence-corrected chi connectivity index (χ3v) is 3.42. The van der Waals surface area contributed by atoms with E-state index >= 15 is 0 Å². The van der Waals surface area contributed by atoms with Crippen molar-refractivity contribution in [3.05, 3.63) is 29.8 Å². The van der Waals surface area contributed by atoms with E-state index in [0.717, 1.165) is 19.6 Å². The van der Waals surface area contributed by atoms with Crippen LogP contribution in [0.15, 0.2) is 24.3 Å². The van der Waals surface area contributed by atoms with Crippen LogP contribution in [0.25, 0.3) is 0 Å². The van der Waals surface area contributed by atoms with Crippen molar-refractivity contribution in [2.24, 2.45) is 0 Å². The minimum Gasteiger partial charge on any atom is -0.373 e. The molecule has 0 aliphatic carbocycles. The van der Waals surface area contributed by atoms with Crippen LogP contribution < -0.4 is 10.2 Å². The van der Waals surface area contributed by atoms with Gasteiger partial charge in [0.05, 0.1) is 0 Å². The Morgan fingerprint density at radius 3 is 2.21 bits per heavy atom. The van der Waals surface area contributed by atoms with Gasteiger partial charge >= 0.3 is 0 Å². The zero-order valence-electron chi connectivity index (χ0n) is 13.1. The number of likely N-dealkylation sites (N-methyl/N-ethyl adjacent to an activating group) is 2. The maximum Gasteiger partial charge on any atom is 0.0364 e. The molecule has 0 bridgehead atoms. The van der Waals surface area contributed by atoms with Crippen LogP contribution in [0.1, 0.15) is 31.9 Å². The second-order valence-electron chi connectivity index (χ2n) is 5.49. The van der Waals surface area contributed by atoms with Crippen LogP contribution in [0.5, 0.6) is 0 Å². The van der Waals surface area contributed by atoms with Crippen LogP contribution in [-0.2, 0) is 0 Å². The highest BCUT2D eigenvalue weighted by Gasteiger charge is 2.05. The smallest absolute Gasteiger partial charge is 0.0364 e. The number of rotatable bonds is 8. The van der Waals surface area contributed by atoms with Crippen molar-refractivity contribution in [2.75, 3.05) is 45.7 Å². The molecule has 1 atom stereocenters. The highest BCUT2D eigenvalue weighted by atomic mass is 15.1. The van der Waals surface area contributed by atoms with Gasteiger partial charge in [-0.1, -0.05) is 19.1 Å². The van der Waals surface area contributed by atoms with Crippen molar-refractivity contribution in [2.45, 2.75) is 26.3 Å². The average Bonchev–Trinajstić information content (AvgIpc) is 2.42. The molecule has 0 saturated heterocycles. The van der Waals surface area contributed by atoms with Crippen LogP contribution in [-0.4, -0.2) is 45.7 Å². The van der Waals surface area contributed by atoms with Crippen molar-refractivity contribution in [3.8, 4) is 0 Å². The summed E-state index contributed by atoms with van der Waals surface area (Å²) in [5.41, 5.74) is 2.64. The summed E-state index contributed by atoms with van der Waals surface area (Å²) in [6, 6.07) is 9.33. The van der Waals surface area contributed by atoms with Gasteiger partial charge in [-0.15, -0.1) is 0 Å². The Morgan fingerprint density at radius 1 is 1.05 bits per heavy atom. The lowest BCUT2D eigenvalue weighted by Gasteiger charge is -2.22. The van der Waals surface area contributed by atoms with Crippen LogP contribution in [0.2, 0.25) is 0 Å². The first-order valence-corrected chi connectivity index (χ1v) is 7.23. The molecule has 0 saturated carbocycles. The summed E-state index contributed by atoms with van der Waals surface area (Å²) in [5, 5.41) is 3.52. The molecule has 0 radical (unpaired) electrons. The number of nitrogens with zero attached hydrogens (tertiary/aromatic N) is 2. The van der Waals surface area contributed by atoms with E-state index in [-0.39, 0.29) is 0 Å². The van der Waals surface area contributed by atoms with Crippen molar-refractivity contribution in [1.29, 1.82) is 0 Å². The molecule has 19 heavy (non-hydrogen) atoms. The highest BCUT2D eigenvalue weighted by Crippen LogP contribution is 2.18. The zero-order valence-corrected chi connectivity index (χ0v) is 13.1. The Kier molecular flexibility index (Phi) is 6.89. The van der Waals surface area contributed by atoms with Gasteiger partial charge in [-0.3, -0.25) is 0 Å². The van der Waals surface area contributed by atoms with E-state index in [4.69, 9.17) is 0 Å². The summed E-state index contributed by atoms with van der Waals surface area (Å²) in [7, 11) is 6.37. The van der Waals surface area contributed by atoms with Gasteiger partial charge in [0.2, 0.25) is 0 Å². The SMILES string of the molecule is CCCNC(C)c1ccc(N(C)CCN(C)C)cc1. The van der Waals surface area contributed by atoms with Gasteiger partial charge in [0.1, 0.15) is 0 Å². The van der Waals surface area contributed by atoms with Crippen molar-refractivity contribution in [3.63, 3.8) is 0 Å². The van der Waals surface area contributed by atoms with E-state index in [1.807, 2.05) is 0 Å². The third-order valence-electron chi connectivity index (χ3n) is 3.42. The first-order valence-electron chi connectivity index (χ1n) is 7.23. The van der Waals surface area contributed by atoms with Gasteiger partial charge in [0, 0.05) is 31.9 Å². The van der Waals surface area contributed by atoms with Gasteiger partial charge in [-0.25, -0.2) is 0 Å². The van der Waals surface area contributed by atoms with Crippen molar-refractivity contribution >= 4 is 5.69 Å². The summed E-state index contributed by atoms with van der Waals surface area (Å²) in [6.07, 6.45) is 1.18. The molecule has 1 rings (SSSR count). The minimum absolute atomic E-state index is 0.432. The molecule has 0 aromatic heterocycles. The number of benzene rings is 1. The average molecular weight is 263 g/mol. The summed E-state index contributed by atoms with van der Waals surface area (Å²) in [5.74, 6) is 0. The topological polar surface area (TPSA) is 18.5 Å². The van der Waals surface area contributed by atoms with Crippen molar-refractivity contribution < 1.29 is 0 Å². The van der Waals surface area contributed by atoms with E-state index < -0.39 is 0 Å². The second kappa shape index (κ2) is 8.18. The number of hydrogen-bond acceptors (Lipinski definition) is 3. The van der Waals surface area contributed by atoms with E-state index in [9.17, 15) is 0 Å². The monoisotopic (exact) mass is 263 g/mol. The summed E-state index contributed by atoms with van der Waals surface area (Å²) >= 11 is 0. The molecule has 0 spiro atoms. The maximum atomic E-state index is 3.52. The molecule has 0 heterocycles. The Balaban J connectivity index is 2.55. The van der Waals surface area contributed by atoms with Crippen LogP contribution in [0.4, 0.5) is 5.69 Å². The molecule has 0 fully saturated rings. The first-order chi connectivity index (χ1) is 9.04. The van der Waals surface area contributed by atoms with E-state index in [1.54, 1.807) is 0 Å². The number of anilines is 1. The van der Waals surface area contributed by atoms with Gasteiger partial charge in [-0.2, -0.15) is 0 Å². The molecule has 1 N–H and O–H groups in total. The molecular formula is C16H29N3. The second-order valence-corrected chi connectivity index (χ2v) is 5.49. The Morgan fingerprint density at radius 2 is 1.68 bits per heavy atom. The molecule has 108 valence electrons. The Bertz CT molecular complexity index is 346. The minimum atomic E-state index is 0.432. The first kappa shape index (κ1) is 16.0. The highest BCUT2D eigenvalue weighted by molar-refractivity contribution is 5.47. The molecule has 1 aromatic rings. The molecule has 1 unspecified atom stereocenters. The Hall–Kier alpha value is -1.06. The third kappa shape index (κ3) is 5.62. The zero-order chi connectivity index (χ0) is 14.3. The van der Waals surface area contributed by atoms with E-state index in [1.165, 1.54) is 17.7 Å². The van der Waals surface area contributed by atoms with Crippen LogP contribution in [0, 0.1) is 0 Å². The molecule has 1 aromatic carbocycles. The molecular weight excluding hydrogens is 234 g/mol. The van der Waals surface area contributed by atoms with Crippen LogP contribution in [0.3, 0.4) is 0 Å². The summed E-state index contributed by atoms with van der Waals surface area (Å²) < 4.78 is 0. The normalized spacial score (nSPS) is 12.7. The number of nitrogens with one attached hydrogen (secondary N) is 1. The maximum absolute atomic E-state index is 3.52.